The van der Waals surface area contributed by atoms with E-state index in [1.807, 2.05) is 0 Å². The van der Waals surface area contributed by atoms with E-state index in [0.29, 0.717) is 0 Å². The molecule has 0 aliphatic carbocycles. The van der Waals surface area contributed by atoms with Gasteiger partial charge in [-0.05, 0) is 6.07 Å². The van der Waals surface area contributed by atoms with Crippen LogP contribution in [0.2, 0.25) is 0 Å². The van der Waals surface area contributed by atoms with Gasteiger partial charge in [-0.25, -0.2) is 0 Å². The molecule has 0 radical (unpaired) electrons. The van der Waals surface area contributed by atoms with E-state index in [2.05, 4.69) is 16.2 Å². The molecule has 0 aliphatic heterocycles. The molecule has 1 rings (SSSR count). The number of carboxylic acids is 1. The number of carboxylic acid groups (broad SMARTS) is 1. The van der Waals surface area contributed by atoms with Crippen LogP contribution in [0.5, 0.6) is 0 Å². The largest absolute Gasteiger partial charge is 0.545 e. The van der Waals surface area contributed by atoms with E-state index in [4.69, 9.17) is 0 Å². The maximum absolute atomic E-state index is 11.7. The molecule has 1 aromatic rings. The van der Waals surface area contributed by atoms with Crippen LogP contribution in [0.25, 0.3) is 0 Å². The highest BCUT2D eigenvalue weighted by atomic mass is 16.4. The summed E-state index contributed by atoms with van der Waals surface area (Å²) in [5, 5.41) is 13.2. The van der Waals surface area contributed by atoms with Crippen molar-refractivity contribution in [1.29, 1.82) is 0 Å². The van der Waals surface area contributed by atoms with Gasteiger partial charge in [0.25, 0.3) is 0 Å². The van der Waals surface area contributed by atoms with Crippen molar-refractivity contribution in [3.63, 3.8) is 0 Å². The lowest BCUT2D eigenvalue weighted by atomic mass is 10.2. The van der Waals surface area contributed by atoms with Gasteiger partial charge < -0.3 is 15.2 Å². The predicted molar refractivity (Wildman–Crippen MR) is 75.1 cm³/mol. The molecule has 0 aliphatic rings. The van der Waals surface area contributed by atoms with Crippen LogP contribution < -0.4 is 21.3 Å². The van der Waals surface area contributed by atoms with Crippen LogP contribution in [0.15, 0.2) is 24.3 Å². The van der Waals surface area contributed by atoms with E-state index in [-0.39, 0.29) is 17.2 Å². The van der Waals surface area contributed by atoms with Gasteiger partial charge in [0.1, 0.15) is 6.42 Å². The fraction of sp³-hybridized carbons (Fsp3) is 0.286. The molecule has 0 unspecified atom stereocenters. The highest BCUT2D eigenvalue weighted by molar-refractivity contribution is 6.06. The molecule has 0 saturated heterocycles. The van der Waals surface area contributed by atoms with Gasteiger partial charge in [-0.3, -0.25) is 25.2 Å². The Morgan fingerprint density at radius 3 is 2.27 bits per heavy atom. The second-order valence-corrected chi connectivity index (χ2v) is 4.75. The van der Waals surface area contributed by atoms with Crippen molar-refractivity contribution in [2.45, 2.75) is 20.3 Å². The zero-order valence-corrected chi connectivity index (χ0v) is 12.1. The third kappa shape index (κ3) is 5.23. The smallest absolute Gasteiger partial charge is 0.247 e. The molecular weight excluding hydrogens is 290 g/mol. The molecule has 0 saturated carbocycles. The number of amides is 3. The monoisotopic (exact) mass is 306 g/mol. The molecule has 0 atom stereocenters. The molecule has 8 heteroatoms. The van der Waals surface area contributed by atoms with Crippen molar-refractivity contribution in [3.8, 4) is 0 Å². The minimum absolute atomic E-state index is 0.0338. The third-order valence-corrected chi connectivity index (χ3v) is 2.59. The van der Waals surface area contributed by atoms with Crippen LogP contribution in [0.4, 0.5) is 5.69 Å². The van der Waals surface area contributed by atoms with Gasteiger partial charge in [-0.15, -0.1) is 0 Å². The highest BCUT2D eigenvalue weighted by Gasteiger charge is 2.13. The van der Waals surface area contributed by atoms with E-state index in [0.717, 1.165) is 0 Å². The van der Waals surface area contributed by atoms with Gasteiger partial charge in [-0.2, -0.15) is 0 Å². The summed E-state index contributed by atoms with van der Waals surface area (Å²) in [6, 6.07) is 5.66. The van der Waals surface area contributed by atoms with Crippen LogP contribution in [0, 0.1) is 5.92 Å². The van der Waals surface area contributed by atoms with E-state index in [9.17, 15) is 24.3 Å². The van der Waals surface area contributed by atoms with Crippen molar-refractivity contribution >= 4 is 29.4 Å². The van der Waals surface area contributed by atoms with Gasteiger partial charge in [0.05, 0.1) is 5.97 Å². The summed E-state index contributed by atoms with van der Waals surface area (Å²) in [4.78, 5) is 45.3. The summed E-state index contributed by atoms with van der Waals surface area (Å²) in [6.45, 7) is 3.29. The quantitative estimate of drug-likeness (QED) is 0.484. The molecule has 8 nitrogen and oxygen atoms in total. The van der Waals surface area contributed by atoms with Crippen LogP contribution in [-0.2, 0) is 14.4 Å². The van der Waals surface area contributed by atoms with E-state index in [1.54, 1.807) is 13.8 Å². The van der Waals surface area contributed by atoms with Gasteiger partial charge >= 0.3 is 0 Å². The Balaban J connectivity index is 2.55. The predicted octanol–water partition coefficient (Wildman–Crippen LogP) is -0.818. The Labute approximate surface area is 126 Å². The SMILES string of the molecule is CC(C)C(=O)NNC(=O)CC(=O)Nc1ccccc1C(=O)[O-]. The number of para-hydroxylation sites is 1. The number of anilines is 1. The lowest BCUT2D eigenvalue weighted by Gasteiger charge is -2.12. The van der Waals surface area contributed by atoms with E-state index >= 15 is 0 Å². The number of hydrogen-bond donors (Lipinski definition) is 3. The summed E-state index contributed by atoms with van der Waals surface area (Å²) in [7, 11) is 0. The Morgan fingerprint density at radius 1 is 1.05 bits per heavy atom. The van der Waals surface area contributed by atoms with Crippen molar-refractivity contribution < 1.29 is 24.3 Å². The second kappa shape index (κ2) is 7.77. The van der Waals surface area contributed by atoms with Crippen LogP contribution in [-0.4, -0.2) is 23.7 Å². The summed E-state index contributed by atoms with van der Waals surface area (Å²) < 4.78 is 0. The number of hydrazine groups is 1. The molecule has 1 aromatic carbocycles. The fourth-order valence-corrected chi connectivity index (χ4v) is 1.43. The standard InChI is InChI=1S/C14H17N3O5/c1-8(2)13(20)17-16-12(19)7-11(18)15-10-6-4-3-5-9(10)14(21)22/h3-6,8H,7H2,1-2H3,(H,15,18)(H,16,19)(H,17,20)(H,21,22)/p-1. The van der Waals surface area contributed by atoms with E-state index < -0.39 is 30.1 Å². The number of benzene rings is 1. The first-order valence-electron chi connectivity index (χ1n) is 6.50. The molecule has 0 spiro atoms. The van der Waals surface area contributed by atoms with Crippen molar-refractivity contribution in [2.75, 3.05) is 5.32 Å². The molecule has 3 amide bonds. The average molecular weight is 306 g/mol. The second-order valence-electron chi connectivity index (χ2n) is 4.75. The molecule has 0 bridgehead atoms. The Morgan fingerprint density at radius 2 is 1.68 bits per heavy atom. The number of nitrogens with one attached hydrogen (secondary N) is 3. The molecule has 3 N–H and O–H groups in total. The maximum atomic E-state index is 11.7. The van der Waals surface area contributed by atoms with Crippen LogP contribution in [0.1, 0.15) is 30.6 Å². The summed E-state index contributed by atoms with van der Waals surface area (Å²) >= 11 is 0. The fourth-order valence-electron chi connectivity index (χ4n) is 1.43. The summed E-state index contributed by atoms with van der Waals surface area (Å²) in [6.07, 6.45) is -0.570. The van der Waals surface area contributed by atoms with Gasteiger partial charge in [0.2, 0.25) is 17.7 Å². The first-order chi connectivity index (χ1) is 10.3. The normalized spacial score (nSPS) is 9.95. The zero-order valence-electron chi connectivity index (χ0n) is 12.1. The van der Waals surface area contributed by atoms with Gasteiger partial charge in [-0.1, -0.05) is 32.0 Å². The molecule has 0 fully saturated rings. The van der Waals surface area contributed by atoms with Gasteiger partial charge in [0, 0.05) is 17.2 Å². The number of rotatable bonds is 5. The Kier molecular flexibility index (Phi) is 6.06. The number of aromatic carboxylic acids is 1. The minimum atomic E-state index is -1.44. The molecule has 118 valence electrons. The first kappa shape index (κ1) is 17.2. The van der Waals surface area contributed by atoms with Gasteiger partial charge in [0.15, 0.2) is 0 Å². The number of carbonyl (C=O) groups excluding carboxylic acids is 4. The number of hydrogen-bond acceptors (Lipinski definition) is 5. The van der Waals surface area contributed by atoms with Crippen molar-refractivity contribution in [2.24, 2.45) is 5.92 Å². The topological polar surface area (TPSA) is 127 Å². The number of carbonyl (C=O) groups is 4. The molecule has 0 heterocycles. The van der Waals surface area contributed by atoms with Crippen molar-refractivity contribution in [1.82, 2.24) is 10.9 Å². The lowest BCUT2D eigenvalue weighted by Crippen LogP contribution is -2.44. The van der Waals surface area contributed by atoms with E-state index in [1.165, 1.54) is 24.3 Å². The van der Waals surface area contributed by atoms with Crippen LogP contribution in [0.3, 0.4) is 0 Å². The molecule has 22 heavy (non-hydrogen) atoms. The Hall–Kier alpha value is -2.90. The summed E-state index contributed by atoms with van der Waals surface area (Å²) in [5.74, 6) is -3.59. The highest BCUT2D eigenvalue weighted by Crippen LogP contribution is 2.14. The van der Waals surface area contributed by atoms with Crippen molar-refractivity contribution in [3.05, 3.63) is 29.8 Å². The Bertz CT molecular complexity index is 598. The first-order valence-corrected chi connectivity index (χ1v) is 6.50. The lowest BCUT2D eigenvalue weighted by molar-refractivity contribution is -0.254. The zero-order chi connectivity index (χ0) is 16.7. The minimum Gasteiger partial charge on any atom is -0.545 e. The summed E-state index contributed by atoms with van der Waals surface area (Å²) in [5.41, 5.74) is 4.09. The maximum Gasteiger partial charge on any atom is 0.247 e. The molecular formula is C14H16N3O5-. The third-order valence-electron chi connectivity index (χ3n) is 2.59. The molecule has 0 aromatic heterocycles. The van der Waals surface area contributed by atoms with Crippen LogP contribution >= 0.6 is 0 Å². The average Bonchev–Trinajstić information content (AvgIpc) is 2.44.